The summed E-state index contributed by atoms with van der Waals surface area (Å²) in [5.74, 6) is -0.0519. The lowest BCUT2D eigenvalue weighted by molar-refractivity contribution is -0.127. The highest BCUT2D eigenvalue weighted by molar-refractivity contribution is 5.94. The van der Waals surface area contributed by atoms with Crippen LogP contribution in [0.5, 0.6) is 17.2 Å². The molecule has 1 atom stereocenters. The lowest BCUT2D eigenvalue weighted by Crippen LogP contribution is -2.40. The maximum atomic E-state index is 11.9. The molecule has 132 valence electrons. The maximum Gasteiger partial charge on any atom is 0.260 e. The summed E-state index contributed by atoms with van der Waals surface area (Å²) in [6.07, 6.45) is -0.716. The summed E-state index contributed by atoms with van der Waals surface area (Å²) in [4.78, 5) is 23.8. The number of phenolic OH excluding ortho intramolecular Hbond substituents is 2. The monoisotopic (exact) mass is 344 g/mol. The van der Waals surface area contributed by atoms with E-state index in [9.17, 15) is 19.8 Å². The Bertz CT molecular complexity index is 731. The van der Waals surface area contributed by atoms with Crippen LogP contribution in [-0.2, 0) is 4.79 Å². The Kier molecular flexibility index (Phi) is 6.22. The van der Waals surface area contributed by atoms with Crippen LogP contribution in [0.15, 0.2) is 48.5 Å². The predicted octanol–water partition coefficient (Wildman–Crippen LogP) is 1.41. The topological polar surface area (TPSA) is 108 Å². The predicted molar refractivity (Wildman–Crippen MR) is 91.6 cm³/mol. The van der Waals surface area contributed by atoms with E-state index in [1.807, 2.05) is 0 Å². The van der Waals surface area contributed by atoms with Crippen LogP contribution in [0.4, 0.5) is 0 Å². The summed E-state index contributed by atoms with van der Waals surface area (Å²) in [6, 6.07) is 12.1. The molecule has 0 aliphatic carbocycles. The molecule has 4 N–H and O–H groups in total. The summed E-state index contributed by atoms with van der Waals surface area (Å²) in [7, 11) is 0. The first-order valence-corrected chi connectivity index (χ1v) is 7.76. The number of carbonyl (C=O) groups is 2. The van der Waals surface area contributed by atoms with Crippen LogP contribution in [0.2, 0.25) is 0 Å². The van der Waals surface area contributed by atoms with Crippen molar-refractivity contribution in [2.75, 3.05) is 13.1 Å². The Morgan fingerprint density at radius 2 is 1.68 bits per heavy atom. The molecule has 2 amide bonds. The fourth-order valence-corrected chi connectivity index (χ4v) is 2.04. The summed E-state index contributed by atoms with van der Waals surface area (Å²) in [6.45, 7) is 2.09. The molecule has 1 unspecified atom stereocenters. The SMILES string of the molecule is CC(Oc1ccc(O)cc1)C(=O)NCCNC(=O)c1cccc(O)c1. The number of amides is 2. The van der Waals surface area contributed by atoms with Gasteiger partial charge in [0, 0.05) is 18.7 Å². The van der Waals surface area contributed by atoms with E-state index in [0.29, 0.717) is 11.3 Å². The van der Waals surface area contributed by atoms with Crippen LogP contribution in [0, 0.1) is 0 Å². The van der Waals surface area contributed by atoms with Crippen molar-refractivity contribution < 1.29 is 24.5 Å². The number of aromatic hydroxyl groups is 2. The van der Waals surface area contributed by atoms with Crippen molar-refractivity contribution in [1.29, 1.82) is 0 Å². The molecule has 0 radical (unpaired) electrons. The Morgan fingerprint density at radius 1 is 1.00 bits per heavy atom. The number of nitrogens with one attached hydrogen (secondary N) is 2. The van der Waals surface area contributed by atoms with Gasteiger partial charge in [0.2, 0.25) is 0 Å². The number of carbonyl (C=O) groups excluding carboxylic acids is 2. The van der Waals surface area contributed by atoms with Gasteiger partial charge in [0.15, 0.2) is 6.10 Å². The van der Waals surface area contributed by atoms with Gasteiger partial charge in [-0.1, -0.05) is 6.07 Å². The first kappa shape index (κ1) is 18.1. The van der Waals surface area contributed by atoms with Crippen molar-refractivity contribution in [3.63, 3.8) is 0 Å². The molecule has 0 fully saturated rings. The van der Waals surface area contributed by atoms with Gasteiger partial charge in [-0.25, -0.2) is 0 Å². The third kappa shape index (κ3) is 5.72. The largest absolute Gasteiger partial charge is 0.508 e. The number of phenols is 2. The van der Waals surface area contributed by atoms with Crippen LogP contribution in [0.3, 0.4) is 0 Å². The second kappa shape index (κ2) is 8.58. The molecule has 7 heteroatoms. The van der Waals surface area contributed by atoms with Crippen molar-refractivity contribution in [3.05, 3.63) is 54.1 Å². The zero-order chi connectivity index (χ0) is 18.2. The van der Waals surface area contributed by atoms with E-state index in [2.05, 4.69) is 10.6 Å². The molecule has 0 aliphatic heterocycles. The van der Waals surface area contributed by atoms with Crippen LogP contribution < -0.4 is 15.4 Å². The van der Waals surface area contributed by atoms with Gasteiger partial charge in [-0.3, -0.25) is 9.59 Å². The van der Waals surface area contributed by atoms with Gasteiger partial charge >= 0.3 is 0 Å². The highest BCUT2D eigenvalue weighted by atomic mass is 16.5. The average molecular weight is 344 g/mol. The van der Waals surface area contributed by atoms with E-state index >= 15 is 0 Å². The van der Waals surface area contributed by atoms with E-state index in [1.165, 1.54) is 24.3 Å². The average Bonchev–Trinajstić information content (AvgIpc) is 2.60. The molecule has 0 heterocycles. The minimum atomic E-state index is -0.716. The van der Waals surface area contributed by atoms with Crippen molar-refractivity contribution >= 4 is 11.8 Å². The molecule has 0 aromatic heterocycles. The fraction of sp³-hybridized carbons (Fsp3) is 0.222. The first-order valence-electron chi connectivity index (χ1n) is 7.76. The Labute approximate surface area is 145 Å². The summed E-state index contributed by atoms with van der Waals surface area (Å²) >= 11 is 0. The van der Waals surface area contributed by atoms with Crippen LogP contribution in [0.25, 0.3) is 0 Å². The Morgan fingerprint density at radius 3 is 2.36 bits per heavy atom. The zero-order valence-corrected chi connectivity index (χ0v) is 13.7. The molecule has 2 aromatic carbocycles. The fourth-order valence-electron chi connectivity index (χ4n) is 2.04. The molecule has 0 saturated heterocycles. The minimum absolute atomic E-state index is 0.0150. The van der Waals surface area contributed by atoms with Crippen molar-refractivity contribution in [1.82, 2.24) is 10.6 Å². The number of benzene rings is 2. The number of rotatable bonds is 7. The number of ether oxygens (including phenoxy) is 1. The van der Waals surface area contributed by atoms with Crippen LogP contribution in [0.1, 0.15) is 17.3 Å². The van der Waals surface area contributed by atoms with E-state index in [4.69, 9.17) is 4.74 Å². The normalized spacial score (nSPS) is 11.4. The van der Waals surface area contributed by atoms with E-state index < -0.39 is 6.10 Å². The summed E-state index contributed by atoms with van der Waals surface area (Å²) in [5.41, 5.74) is 0.343. The van der Waals surface area contributed by atoms with E-state index in [-0.39, 0.29) is 36.4 Å². The van der Waals surface area contributed by atoms with Gasteiger partial charge in [0.05, 0.1) is 0 Å². The van der Waals surface area contributed by atoms with Crippen molar-refractivity contribution in [2.45, 2.75) is 13.0 Å². The Hall–Kier alpha value is -3.22. The molecule has 0 bridgehead atoms. The molecule has 0 saturated carbocycles. The van der Waals surface area contributed by atoms with Gasteiger partial charge < -0.3 is 25.6 Å². The molecular weight excluding hydrogens is 324 g/mol. The third-order valence-corrected chi connectivity index (χ3v) is 3.34. The molecular formula is C18H20N2O5. The van der Waals surface area contributed by atoms with Gasteiger partial charge in [-0.15, -0.1) is 0 Å². The molecule has 7 nitrogen and oxygen atoms in total. The molecule has 2 rings (SSSR count). The van der Waals surface area contributed by atoms with Gasteiger partial charge in [-0.2, -0.15) is 0 Å². The van der Waals surface area contributed by atoms with Crippen LogP contribution >= 0.6 is 0 Å². The second-order valence-corrected chi connectivity index (χ2v) is 5.35. The van der Waals surface area contributed by atoms with Gasteiger partial charge in [0.25, 0.3) is 11.8 Å². The summed E-state index contributed by atoms with van der Waals surface area (Å²) in [5, 5.41) is 23.8. The standard InChI is InChI=1S/C18H20N2O5/c1-12(25-16-7-5-14(21)6-8-16)17(23)19-9-10-20-18(24)13-3-2-4-15(22)11-13/h2-8,11-12,21-22H,9-10H2,1H3,(H,19,23)(H,20,24). The molecule has 25 heavy (non-hydrogen) atoms. The van der Waals surface area contributed by atoms with Crippen molar-refractivity contribution in [2.24, 2.45) is 0 Å². The number of hydrogen-bond acceptors (Lipinski definition) is 5. The molecule has 0 spiro atoms. The summed E-state index contributed by atoms with van der Waals surface area (Å²) < 4.78 is 5.45. The Balaban J connectivity index is 1.71. The highest BCUT2D eigenvalue weighted by Gasteiger charge is 2.14. The van der Waals surface area contributed by atoms with Crippen LogP contribution in [-0.4, -0.2) is 41.2 Å². The quantitative estimate of drug-likeness (QED) is 0.568. The first-order chi connectivity index (χ1) is 12.0. The van der Waals surface area contributed by atoms with Gasteiger partial charge in [-0.05, 0) is 49.4 Å². The second-order valence-electron chi connectivity index (χ2n) is 5.35. The maximum absolute atomic E-state index is 11.9. The van der Waals surface area contributed by atoms with Gasteiger partial charge in [0.1, 0.15) is 17.2 Å². The zero-order valence-electron chi connectivity index (χ0n) is 13.7. The third-order valence-electron chi connectivity index (χ3n) is 3.34. The molecule has 0 aliphatic rings. The van der Waals surface area contributed by atoms with Crippen molar-refractivity contribution in [3.8, 4) is 17.2 Å². The lowest BCUT2D eigenvalue weighted by Gasteiger charge is -2.15. The smallest absolute Gasteiger partial charge is 0.260 e. The molecule has 2 aromatic rings. The van der Waals surface area contributed by atoms with E-state index in [0.717, 1.165) is 0 Å². The number of hydrogen-bond donors (Lipinski definition) is 4. The lowest BCUT2D eigenvalue weighted by atomic mass is 10.2. The van der Waals surface area contributed by atoms with E-state index in [1.54, 1.807) is 31.2 Å². The minimum Gasteiger partial charge on any atom is -0.508 e. The highest BCUT2D eigenvalue weighted by Crippen LogP contribution is 2.17.